The van der Waals surface area contributed by atoms with Crippen LogP contribution in [0.15, 0.2) is 0 Å². The summed E-state index contributed by atoms with van der Waals surface area (Å²) < 4.78 is 5.25. The summed E-state index contributed by atoms with van der Waals surface area (Å²) in [5.74, 6) is 0. The molecule has 2 fully saturated rings. The summed E-state index contributed by atoms with van der Waals surface area (Å²) in [5, 5.41) is 7.02. The number of nitrogens with zero attached hydrogens (tertiary/aromatic N) is 2. The highest BCUT2D eigenvalue weighted by Crippen LogP contribution is 2.18. The summed E-state index contributed by atoms with van der Waals surface area (Å²) >= 11 is 0. The first-order chi connectivity index (χ1) is 13.9. The average molecular weight is 398 g/mol. The van der Waals surface area contributed by atoms with E-state index in [9.17, 15) is 0 Å². The molecular formula is C22H47N5O. The van der Waals surface area contributed by atoms with Crippen molar-refractivity contribution in [2.75, 3.05) is 78.6 Å². The number of nitrogens with one attached hydrogen (secondary N) is 2. The number of rotatable bonds is 19. The zero-order chi connectivity index (χ0) is 19.7. The zero-order valence-electron chi connectivity index (χ0n) is 18.3. The fourth-order valence-electron chi connectivity index (χ4n) is 3.98. The Morgan fingerprint density at radius 2 is 1.18 bits per heavy atom. The molecule has 0 aromatic heterocycles. The first-order valence-corrected chi connectivity index (χ1v) is 12.1. The van der Waals surface area contributed by atoms with Crippen molar-refractivity contribution in [1.82, 2.24) is 20.4 Å². The van der Waals surface area contributed by atoms with Crippen LogP contribution >= 0.6 is 0 Å². The Kier molecular flexibility index (Phi) is 14.2. The van der Waals surface area contributed by atoms with Crippen LogP contribution < -0.4 is 16.4 Å². The van der Waals surface area contributed by atoms with Crippen LogP contribution in [0.2, 0.25) is 0 Å². The number of ether oxygens (including phenoxy) is 1. The van der Waals surface area contributed by atoms with E-state index in [0.29, 0.717) is 6.10 Å². The molecule has 166 valence electrons. The first kappa shape index (κ1) is 24.0. The molecule has 2 rings (SSSR count). The SMILES string of the molecule is NCCNCCN1CCN(CCNCCCCCCCCCCC2CO2)CC1. The van der Waals surface area contributed by atoms with E-state index in [1.165, 1.54) is 97.1 Å². The van der Waals surface area contributed by atoms with Crippen LogP contribution in [0.4, 0.5) is 0 Å². The van der Waals surface area contributed by atoms with E-state index in [2.05, 4.69) is 20.4 Å². The van der Waals surface area contributed by atoms with Gasteiger partial charge < -0.3 is 21.1 Å². The number of nitrogens with two attached hydrogens (primary N) is 1. The first-order valence-electron chi connectivity index (χ1n) is 12.1. The molecule has 0 bridgehead atoms. The van der Waals surface area contributed by atoms with Crippen LogP contribution in [0.25, 0.3) is 0 Å². The smallest absolute Gasteiger partial charge is 0.0810 e. The van der Waals surface area contributed by atoms with Crippen molar-refractivity contribution in [2.24, 2.45) is 5.73 Å². The van der Waals surface area contributed by atoms with Gasteiger partial charge in [0.1, 0.15) is 0 Å². The third-order valence-corrected chi connectivity index (χ3v) is 6.03. The van der Waals surface area contributed by atoms with E-state index < -0.39 is 0 Å². The van der Waals surface area contributed by atoms with Gasteiger partial charge in [0.05, 0.1) is 12.7 Å². The second-order valence-corrected chi connectivity index (χ2v) is 8.54. The average Bonchev–Trinajstić information content (AvgIpc) is 3.54. The number of unbranched alkanes of at least 4 members (excludes halogenated alkanes) is 7. The fraction of sp³-hybridized carbons (Fsp3) is 1.00. The predicted molar refractivity (Wildman–Crippen MR) is 119 cm³/mol. The zero-order valence-corrected chi connectivity index (χ0v) is 18.3. The van der Waals surface area contributed by atoms with Gasteiger partial charge in [-0.3, -0.25) is 9.80 Å². The van der Waals surface area contributed by atoms with Gasteiger partial charge in [-0.2, -0.15) is 0 Å². The van der Waals surface area contributed by atoms with Gasteiger partial charge in [0.15, 0.2) is 0 Å². The van der Waals surface area contributed by atoms with Crippen molar-refractivity contribution in [3.05, 3.63) is 0 Å². The Morgan fingerprint density at radius 1 is 0.679 bits per heavy atom. The van der Waals surface area contributed by atoms with Gasteiger partial charge in [-0.25, -0.2) is 0 Å². The Hall–Kier alpha value is -0.240. The molecule has 1 unspecified atom stereocenters. The van der Waals surface area contributed by atoms with Crippen LogP contribution in [-0.2, 0) is 4.74 Å². The lowest BCUT2D eigenvalue weighted by Crippen LogP contribution is -2.49. The van der Waals surface area contributed by atoms with Gasteiger partial charge in [-0.15, -0.1) is 0 Å². The summed E-state index contributed by atoms with van der Waals surface area (Å²) in [7, 11) is 0. The van der Waals surface area contributed by atoms with Crippen molar-refractivity contribution in [3.8, 4) is 0 Å². The number of hydrogen-bond donors (Lipinski definition) is 3. The molecule has 2 aliphatic heterocycles. The molecule has 0 amide bonds. The molecule has 2 aliphatic rings. The molecule has 28 heavy (non-hydrogen) atoms. The van der Waals surface area contributed by atoms with E-state index in [1.807, 2.05) is 0 Å². The van der Waals surface area contributed by atoms with Gasteiger partial charge in [0, 0.05) is 65.4 Å². The van der Waals surface area contributed by atoms with Crippen LogP contribution in [0, 0.1) is 0 Å². The molecule has 6 heteroatoms. The third kappa shape index (κ3) is 13.1. The monoisotopic (exact) mass is 397 g/mol. The second-order valence-electron chi connectivity index (χ2n) is 8.54. The topological polar surface area (TPSA) is 69.1 Å². The van der Waals surface area contributed by atoms with Crippen LogP contribution in [-0.4, -0.2) is 94.5 Å². The van der Waals surface area contributed by atoms with Crippen molar-refractivity contribution in [1.29, 1.82) is 0 Å². The van der Waals surface area contributed by atoms with Crippen molar-refractivity contribution < 1.29 is 4.74 Å². The maximum absolute atomic E-state index is 5.50. The highest BCUT2D eigenvalue weighted by Gasteiger charge is 2.20. The fourth-order valence-corrected chi connectivity index (χ4v) is 3.98. The molecule has 0 spiro atoms. The molecule has 0 radical (unpaired) electrons. The lowest BCUT2D eigenvalue weighted by molar-refractivity contribution is 0.134. The Morgan fingerprint density at radius 3 is 1.71 bits per heavy atom. The molecule has 4 N–H and O–H groups in total. The molecule has 1 atom stereocenters. The van der Waals surface area contributed by atoms with E-state index in [-0.39, 0.29) is 0 Å². The van der Waals surface area contributed by atoms with E-state index >= 15 is 0 Å². The highest BCUT2D eigenvalue weighted by molar-refractivity contribution is 4.73. The van der Waals surface area contributed by atoms with E-state index in [4.69, 9.17) is 10.5 Å². The number of hydrogen-bond acceptors (Lipinski definition) is 6. The summed E-state index contributed by atoms with van der Waals surface area (Å²) in [6.45, 7) is 13.3. The minimum absolute atomic E-state index is 0.631. The summed E-state index contributed by atoms with van der Waals surface area (Å²) in [5.41, 5.74) is 5.50. The summed E-state index contributed by atoms with van der Waals surface area (Å²) in [6.07, 6.45) is 13.1. The lowest BCUT2D eigenvalue weighted by Gasteiger charge is -2.34. The maximum Gasteiger partial charge on any atom is 0.0810 e. The molecule has 2 saturated heterocycles. The van der Waals surface area contributed by atoms with Crippen LogP contribution in [0.3, 0.4) is 0 Å². The molecule has 2 heterocycles. The van der Waals surface area contributed by atoms with Crippen molar-refractivity contribution >= 4 is 0 Å². The van der Waals surface area contributed by atoms with Gasteiger partial charge in [-0.05, 0) is 19.4 Å². The Bertz CT molecular complexity index is 346. The van der Waals surface area contributed by atoms with E-state index in [0.717, 1.165) is 39.3 Å². The quantitative estimate of drug-likeness (QED) is 0.227. The predicted octanol–water partition coefficient (Wildman–Crippen LogP) is 1.65. The molecule has 0 aliphatic carbocycles. The molecular weight excluding hydrogens is 350 g/mol. The normalized spacial score (nSPS) is 20.7. The Balaban J connectivity index is 1.25. The van der Waals surface area contributed by atoms with Crippen LogP contribution in [0.1, 0.15) is 57.8 Å². The second kappa shape index (κ2) is 16.5. The van der Waals surface area contributed by atoms with Gasteiger partial charge in [0.2, 0.25) is 0 Å². The minimum Gasteiger partial charge on any atom is -0.373 e. The summed E-state index contributed by atoms with van der Waals surface area (Å²) in [6, 6.07) is 0. The Labute approximate surface area is 173 Å². The molecule has 0 aromatic carbocycles. The minimum atomic E-state index is 0.631. The van der Waals surface area contributed by atoms with Crippen molar-refractivity contribution in [3.63, 3.8) is 0 Å². The van der Waals surface area contributed by atoms with Gasteiger partial charge >= 0.3 is 0 Å². The van der Waals surface area contributed by atoms with Crippen molar-refractivity contribution in [2.45, 2.75) is 63.9 Å². The third-order valence-electron chi connectivity index (χ3n) is 6.03. The number of piperazine rings is 1. The standard InChI is InChI=1S/C22H47N5O/c23-10-12-25-14-16-27-19-17-26(18-20-27)15-13-24-11-8-6-4-2-1-3-5-7-9-22-21-28-22/h22,24-25H,1-21,23H2. The largest absolute Gasteiger partial charge is 0.373 e. The molecule has 6 nitrogen and oxygen atoms in total. The summed E-state index contributed by atoms with van der Waals surface area (Å²) in [4.78, 5) is 5.17. The molecule has 0 saturated carbocycles. The molecule has 0 aromatic rings. The lowest BCUT2D eigenvalue weighted by atomic mass is 10.1. The van der Waals surface area contributed by atoms with E-state index in [1.54, 1.807) is 0 Å². The number of epoxide rings is 1. The van der Waals surface area contributed by atoms with Gasteiger partial charge in [0.25, 0.3) is 0 Å². The maximum atomic E-state index is 5.50. The van der Waals surface area contributed by atoms with Gasteiger partial charge in [-0.1, -0.05) is 44.9 Å². The van der Waals surface area contributed by atoms with Crippen LogP contribution in [0.5, 0.6) is 0 Å². The highest BCUT2D eigenvalue weighted by atomic mass is 16.6.